The molecule has 0 unspecified atom stereocenters. The molecule has 0 spiro atoms. The van der Waals surface area contributed by atoms with Crippen LogP contribution in [0.15, 0.2) is 6.20 Å². The van der Waals surface area contributed by atoms with Crippen molar-refractivity contribution < 1.29 is 4.79 Å². The Balaban J connectivity index is 2.32. The maximum atomic E-state index is 11.0. The normalized spacial score (nSPS) is 16.9. The van der Waals surface area contributed by atoms with Gasteiger partial charge >= 0.3 is 0 Å². The molecule has 2 rings (SSSR count). The zero-order valence-corrected chi connectivity index (χ0v) is 6.57. The molecule has 1 aliphatic heterocycles. The summed E-state index contributed by atoms with van der Waals surface area (Å²) in [5.74, 6) is 2.09. The van der Waals surface area contributed by atoms with E-state index in [1.807, 2.05) is 6.20 Å². The van der Waals surface area contributed by atoms with Crippen LogP contribution in [0.25, 0.3) is 0 Å². The van der Waals surface area contributed by atoms with Crippen LogP contribution in [0.4, 0.5) is 5.82 Å². The van der Waals surface area contributed by atoms with Gasteiger partial charge in [-0.05, 0) is 0 Å². The van der Waals surface area contributed by atoms with Gasteiger partial charge in [0.15, 0.2) is 5.82 Å². The predicted octanol–water partition coefficient (Wildman–Crippen LogP) is 0.595. The molecule has 0 fully saturated rings. The lowest BCUT2D eigenvalue weighted by atomic mass is 10.4. The zero-order chi connectivity index (χ0) is 7.68. The Kier molecular flexibility index (Phi) is 1.58. The Hall–Kier alpha value is -0.970. The number of carbonyl (C=O) groups excluding carboxylic acids is 1. The number of hydrogen-bond acceptors (Lipinski definition) is 3. The molecule has 11 heavy (non-hydrogen) atoms. The van der Waals surface area contributed by atoms with Crippen LogP contribution in [-0.2, 0) is 10.5 Å². The summed E-state index contributed by atoms with van der Waals surface area (Å²) >= 11 is 1.60. The largest absolute Gasteiger partial charge is 0.308 e. The number of H-pyrrole nitrogens is 1. The molecule has 0 aliphatic carbocycles. The van der Waals surface area contributed by atoms with E-state index in [1.54, 1.807) is 11.8 Å². The summed E-state index contributed by atoms with van der Waals surface area (Å²) in [6, 6.07) is 0. The van der Waals surface area contributed by atoms with Gasteiger partial charge in [-0.1, -0.05) is 0 Å². The molecule has 2 N–H and O–H groups in total. The van der Waals surface area contributed by atoms with E-state index in [9.17, 15) is 4.79 Å². The Morgan fingerprint density at radius 2 is 2.45 bits per heavy atom. The number of nitrogens with zero attached hydrogens (tertiary/aromatic N) is 1. The number of hydrogen-bond donors (Lipinski definition) is 2. The van der Waals surface area contributed by atoms with Crippen molar-refractivity contribution in [1.29, 1.82) is 0 Å². The summed E-state index contributed by atoms with van der Waals surface area (Å²) in [7, 11) is 0. The highest BCUT2D eigenvalue weighted by molar-refractivity contribution is 7.99. The van der Waals surface area contributed by atoms with Crippen LogP contribution < -0.4 is 5.32 Å². The number of carbonyl (C=O) groups is 1. The Morgan fingerprint density at radius 1 is 1.55 bits per heavy atom. The van der Waals surface area contributed by atoms with Gasteiger partial charge in [0.05, 0.1) is 5.75 Å². The highest BCUT2D eigenvalue weighted by Gasteiger charge is 2.13. The third kappa shape index (κ3) is 1.23. The van der Waals surface area contributed by atoms with Gasteiger partial charge in [0, 0.05) is 17.5 Å². The van der Waals surface area contributed by atoms with Crippen molar-refractivity contribution in [3.63, 3.8) is 0 Å². The molecule has 4 nitrogen and oxygen atoms in total. The van der Waals surface area contributed by atoms with E-state index in [4.69, 9.17) is 0 Å². The summed E-state index contributed by atoms with van der Waals surface area (Å²) in [5, 5.41) is 9.31. The van der Waals surface area contributed by atoms with Crippen molar-refractivity contribution in [2.45, 2.75) is 5.75 Å². The third-order valence-corrected chi connectivity index (χ3v) is 2.45. The van der Waals surface area contributed by atoms with E-state index in [-0.39, 0.29) is 5.91 Å². The lowest BCUT2D eigenvalue weighted by Crippen LogP contribution is -2.12. The second-order valence-corrected chi connectivity index (χ2v) is 3.29. The van der Waals surface area contributed by atoms with Gasteiger partial charge in [0.2, 0.25) is 5.91 Å². The van der Waals surface area contributed by atoms with Crippen molar-refractivity contribution in [2.24, 2.45) is 0 Å². The Bertz CT molecular complexity index is 283. The Morgan fingerprint density at radius 3 is 3.36 bits per heavy atom. The van der Waals surface area contributed by atoms with Gasteiger partial charge < -0.3 is 5.32 Å². The number of aromatic amines is 1. The standard InChI is InChI=1S/C6H7N3OS/c10-5-3-11-2-4-1-7-9-6(4)8-5/h1H,2-3H2,(H2,7,8,9,10). The fourth-order valence-corrected chi connectivity index (χ4v) is 1.75. The number of anilines is 1. The molecular formula is C6H7N3OS. The average Bonchev–Trinajstić information content (AvgIpc) is 2.31. The molecule has 0 radical (unpaired) electrons. The quantitative estimate of drug-likeness (QED) is 0.597. The zero-order valence-electron chi connectivity index (χ0n) is 5.76. The number of fused-ring (bicyclic) bond motifs is 1. The molecule has 58 valence electrons. The van der Waals surface area contributed by atoms with Gasteiger partial charge in [-0.2, -0.15) is 5.10 Å². The van der Waals surface area contributed by atoms with Crippen LogP contribution in [0.5, 0.6) is 0 Å². The number of aromatic nitrogens is 2. The minimum absolute atomic E-state index is 0.0286. The fraction of sp³-hybridized carbons (Fsp3) is 0.333. The van der Waals surface area contributed by atoms with E-state index in [2.05, 4.69) is 15.5 Å². The lowest BCUT2D eigenvalue weighted by Gasteiger charge is -1.94. The van der Waals surface area contributed by atoms with E-state index >= 15 is 0 Å². The van der Waals surface area contributed by atoms with Crippen LogP contribution in [0.3, 0.4) is 0 Å². The highest BCUT2D eigenvalue weighted by atomic mass is 32.2. The summed E-state index contributed by atoms with van der Waals surface area (Å²) in [4.78, 5) is 11.0. The van der Waals surface area contributed by atoms with E-state index in [1.165, 1.54) is 0 Å². The number of rotatable bonds is 0. The highest BCUT2D eigenvalue weighted by Crippen LogP contribution is 2.21. The first kappa shape index (κ1) is 6.72. The first-order chi connectivity index (χ1) is 5.36. The number of nitrogens with one attached hydrogen (secondary N) is 2. The van der Waals surface area contributed by atoms with Crippen molar-refractivity contribution >= 4 is 23.5 Å². The summed E-state index contributed by atoms with van der Waals surface area (Å²) in [5.41, 5.74) is 1.07. The van der Waals surface area contributed by atoms with Crippen LogP contribution in [0, 0.1) is 0 Å². The molecule has 1 aromatic heterocycles. The second-order valence-electron chi connectivity index (χ2n) is 2.30. The van der Waals surface area contributed by atoms with Gasteiger partial charge in [-0.3, -0.25) is 9.89 Å². The van der Waals surface area contributed by atoms with E-state index < -0.39 is 0 Å². The summed E-state index contributed by atoms with van der Waals surface area (Å²) in [6.07, 6.45) is 1.81. The van der Waals surface area contributed by atoms with Gasteiger partial charge in [0.25, 0.3) is 0 Å². The van der Waals surface area contributed by atoms with Crippen molar-refractivity contribution in [2.75, 3.05) is 11.1 Å². The van der Waals surface area contributed by atoms with Crippen LogP contribution in [0.1, 0.15) is 5.56 Å². The lowest BCUT2D eigenvalue weighted by molar-refractivity contribution is -0.113. The van der Waals surface area contributed by atoms with Crippen LogP contribution in [-0.4, -0.2) is 21.9 Å². The SMILES string of the molecule is O=C1CSCc2c[nH]nc2N1. The molecule has 0 saturated heterocycles. The monoisotopic (exact) mass is 169 g/mol. The van der Waals surface area contributed by atoms with Crippen molar-refractivity contribution in [3.8, 4) is 0 Å². The van der Waals surface area contributed by atoms with Crippen LogP contribution in [0.2, 0.25) is 0 Å². The fourth-order valence-electron chi connectivity index (χ4n) is 0.955. The topological polar surface area (TPSA) is 57.8 Å². The minimum atomic E-state index is 0.0286. The average molecular weight is 169 g/mol. The maximum absolute atomic E-state index is 11.0. The molecule has 0 atom stereocenters. The van der Waals surface area contributed by atoms with Crippen LogP contribution >= 0.6 is 11.8 Å². The minimum Gasteiger partial charge on any atom is -0.308 e. The summed E-state index contributed by atoms with van der Waals surface area (Å²) < 4.78 is 0. The second kappa shape index (κ2) is 2.58. The summed E-state index contributed by atoms with van der Waals surface area (Å²) in [6.45, 7) is 0. The van der Waals surface area contributed by atoms with Crippen molar-refractivity contribution in [3.05, 3.63) is 11.8 Å². The molecule has 0 saturated carbocycles. The van der Waals surface area contributed by atoms with Gasteiger partial charge in [-0.15, -0.1) is 11.8 Å². The molecule has 2 heterocycles. The third-order valence-electron chi connectivity index (χ3n) is 1.47. The van der Waals surface area contributed by atoms with Gasteiger partial charge in [-0.25, -0.2) is 0 Å². The Labute approximate surface area is 67.8 Å². The number of thioether (sulfide) groups is 1. The van der Waals surface area contributed by atoms with Gasteiger partial charge in [0.1, 0.15) is 0 Å². The molecule has 5 heteroatoms. The predicted molar refractivity (Wildman–Crippen MR) is 43.4 cm³/mol. The van der Waals surface area contributed by atoms with E-state index in [0.717, 1.165) is 11.3 Å². The smallest absolute Gasteiger partial charge is 0.235 e. The molecule has 0 bridgehead atoms. The maximum Gasteiger partial charge on any atom is 0.235 e. The first-order valence-electron chi connectivity index (χ1n) is 3.26. The molecule has 1 aromatic rings. The van der Waals surface area contributed by atoms with E-state index in [0.29, 0.717) is 11.6 Å². The number of amides is 1. The molecule has 0 aromatic carbocycles. The molecular weight excluding hydrogens is 162 g/mol. The van der Waals surface area contributed by atoms with Crippen molar-refractivity contribution in [1.82, 2.24) is 10.2 Å². The molecule has 1 amide bonds. The first-order valence-corrected chi connectivity index (χ1v) is 4.42. The molecule has 1 aliphatic rings.